The summed E-state index contributed by atoms with van der Waals surface area (Å²) in [7, 11) is 1.81. The van der Waals surface area contributed by atoms with Crippen LogP contribution in [0.25, 0.3) is 0 Å². The molecule has 0 radical (unpaired) electrons. The smallest absolute Gasteiger partial charge is 0.226 e. The van der Waals surface area contributed by atoms with Crippen LogP contribution < -0.4 is 0 Å². The summed E-state index contributed by atoms with van der Waals surface area (Å²) < 4.78 is 0. The summed E-state index contributed by atoms with van der Waals surface area (Å²) in [6.45, 7) is 0. The molecule has 1 amide bonds. The molecule has 3 nitrogen and oxygen atoms in total. The van der Waals surface area contributed by atoms with Gasteiger partial charge in [-0.25, -0.2) is 0 Å². The van der Waals surface area contributed by atoms with Crippen molar-refractivity contribution in [2.75, 3.05) is 7.05 Å². The first kappa shape index (κ1) is 8.75. The van der Waals surface area contributed by atoms with Gasteiger partial charge < -0.3 is 10.0 Å². The summed E-state index contributed by atoms with van der Waals surface area (Å²) in [5, 5.41) is 9.71. The molecule has 3 heteroatoms. The van der Waals surface area contributed by atoms with Gasteiger partial charge in [-0.1, -0.05) is 0 Å². The highest BCUT2D eigenvalue weighted by Gasteiger charge is 2.29. The van der Waals surface area contributed by atoms with Gasteiger partial charge in [0.1, 0.15) is 0 Å². The van der Waals surface area contributed by atoms with Gasteiger partial charge in [-0.2, -0.15) is 0 Å². The zero-order chi connectivity index (χ0) is 9.42. The van der Waals surface area contributed by atoms with Gasteiger partial charge in [0.2, 0.25) is 5.91 Å². The summed E-state index contributed by atoms with van der Waals surface area (Å²) in [6.07, 6.45) is 3.85. The minimum atomic E-state index is -0.292. The number of allylic oxidation sites excluding steroid dienone is 1. The van der Waals surface area contributed by atoms with E-state index < -0.39 is 0 Å². The zero-order valence-electron chi connectivity index (χ0n) is 7.92. The number of aliphatic hydroxyl groups is 1. The molecule has 0 aromatic carbocycles. The molecule has 2 rings (SSSR count). The molecular formula is C10H15NO2. The number of aliphatic hydroxyl groups excluding tert-OH is 1. The first-order chi connectivity index (χ1) is 6.20. The van der Waals surface area contributed by atoms with Crippen LogP contribution in [0.2, 0.25) is 0 Å². The van der Waals surface area contributed by atoms with Gasteiger partial charge in [0, 0.05) is 19.2 Å². The Labute approximate surface area is 78.0 Å². The van der Waals surface area contributed by atoms with Crippen LogP contribution in [0.15, 0.2) is 11.3 Å². The van der Waals surface area contributed by atoms with E-state index in [0.717, 1.165) is 37.0 Å². The van der Waals surface area contributed by atoms with Gasteiger partial charge in [-0.3, -0.25) is 4.79 Å². The molecule has 0 saturated heterocycles. The Morgan fingerprint density at radius 2 is 2.15 bits per heavy atom. The van der Waals surface area contributed by atoms with Crippen LogP contribution in [-0.4, -0.2) is 29.1 Å². The van der Waals surface area contributed by atoms with Crippen LogP contribution in [0.3, 0.4) is 0 Å². The highest BCUT2D eigenvalue weighted by atomic mass is 16.3. The molecule has 0 bridgehead atoms. The third-order valence-electron chi connectivity index (χ3n) is 3.05. The molecule has 1 heterocycles. The van der Waals surface area contributed by atoms with E-state index in [1.54, 1.807) is 4.90 Å². The maximum absolute atomic E-state index is 11.4. The molecule has 1 aliphatic heterocycles. The summed E-state index contributed by atoms with van der Waals surface area (Å²) in [6, 6.07) is 0. The molecule has 1 unspecified atom stereocenters. The second-order valence-electron chi connectivity index (χ2n) is 3.83. The standard InChI is InChI=1S/C10H15NO2/c1-11-8-3-2-4-9(12)7(8)5-6-10(11)13/h9,12H,2-6H2,1H3. The summed E-state index contributed by atoms with van der Waals surface area (Å²) >= 11 is 0. The predicted molar refractivity (Wildman–Crippen MR) is 48.9 cm³/mol. The van der Waals surface area contributed by atoms with E-state index in [1.165, 1.54) is 0 Å². The third-order valence-corrected chi connectivity index (χ3v) is 3.05. The number of rotatable bonds is 0. The number of carbonyl (C=O) groups is 1. The van der Waals surface area contributed by atoms with Gasteiger partial charge in [0.05, 0.1) is 6.10 Å². The molecule has 0 aromatic heterocycles. The van der Waals surface area contributed by atoms with Crippen molar-refractivity contribution in [2.24, 2.45) is 0 Å². The number of hydrogen-bond acceptors (Lipinski definition) is 2. The molecule has 2 aliphatic rings. The van der Waals surface area contributed by atoms with Crippen molar-refractivity contribution in [1.82, 2.24) is 4.90 Å². The lowest BCUT2D eigenvalue weighted by molar-refractivity contribution is -0.129. The minimum Gasteiger partial charge on any atom is -0.389 e. The number of nitrogens with zero attached hydrogens (tertiary/aromatic N) is 1. The summed E-state index contributed by atoms with van der Waals surface area (Å²) in [5.74, 6) is 0.188. The monoisotopic (exact) mass is 181 g/mol. The molecular weight excluding hydrogens is 166 g/mol. The predicted octanol–water partition coefficient (Wildman–Crippen LogP) is 1.04. The first-order valence-corrected chi connectivity index (χ1v) is 4.86. The van der Waals surface area contributed by atoms with Gasteiger partial charge >= 0.3 is 0 Å². The van der Waals surface area contributed by atoms with Crippen LogP contribution >= 0.6 is 0 Å². The summed E-state index contributed by atoms with van der Waals surface area (Å²) in [5.41, 5.74) is 2.18. The van der Waals surface area contributed by atoms with Crippen LogP contribution in [0.5, 0.6) is 0 Å². The molecule has 13 heavy (non-hydrogen) atoms. The molecule has 72 valence electrons. The number of amides is 1. The fourth-order valence-electron chi connectivity index (χ4n) is 2.24. The van der Waals surface area contributed by atoms with Crippen molar-refractivity contribution in [1.29, 1.82) is 0 Å². The van der Waals surface area contributed by atoms with Crippen LogP contribution in [0.4, 0.5) is 0 Å². The fourth-order valence-corrected chi connectivity index (χ4v) is 2.24. The zero-order valence-corrected chi connectivity index (χ0v) is 7.92. The van der Waals surface area contributed by atoms with Crippen LogP contribution in [0.1, 0.15) is 32.1 Å². The molecule has 0 saturated carbocycles. The van der Waals surface area contributed by atoms with E-state index in [-0.39, 0.29) is 12.0 Å². The van der Waals surface area contributed by atoms with Crippen molar-refractivity contribution < 1.29 is 9.90 Å². The first-order valence-electron chi connectivity index (χ1n) is 4.86. The van der Waals surface area contributed by atoms with Gasteiger partial charge in [0.15, 0.2) is 0 Å². The lowest BCUT2D eigenvalue weighted by Gasteiger charge is -2.34. The highest BCUT2D eigenvalue weighted by molar-refractivity contribution is 5.79. The molecule has 0 aromatic rings. The van der Waals surface area contributed by atoms with Gasteiger partial charge in [0.25, 0.3) is 0 Å². The van der Waals surface area contributed by atoms with E-state index in [1.807, 2.05) is 7.05 Å². The average molecular weight is 181 g/mol. The number of carbonyl (C=O) groups excluding carboxylic acids is 1. The van der Waals surface area contributed by atoms with Crippen molar-refractivity contribution >= 4 is 5.91 Å². The van der Waals surface area contributed by atoms with E-state index in [2.05, 4.69) is 0 Å². The van der Waals surface area contributed by atoms with Crippen LogP contribution in [-0.2, 0) is 4.79 Å². The van der Waals surface area contributed by atoms with E-state index in [0.29, 0.717) is 6.42 Å². The second kappa shape index (κ2) is 3.14. The summed E-state index contributed by atoms with van der Waals surface area (Å²) in [4.78, 5) is 13.1. The second-order valence-corrected chi connectivity index (χ2v) is 3.83. The van der Waals surface area contributed by atoms with Gasteiger partial charge in [-0.05, 0) is 31.3 Å². The maximum Gasteiger partial charge on any atom is 0.226 e. The van der Waals surface area contributed by atoms with E-state index in [4.69, 9.17) is 0 Å². The Morgan fingerprint density at radius 1 is 1.38 bits per heavy atom. The lowest BCUT2D eigenvalue weighted by atomic mass is 9.87. The molecule has 1 N–H and O–H groups in total. The normalized spacial score (nSPS) is 29.2. The van der Waals surface area contributed by atoms with Crippen molar-refractivity contribution in [3.8, 4) is 0 Å². The molecule has 0 fully saturated rings. The topological polar surface area (TPSA) is 40.5 Å². The van der Waals surface area contributed by atoms with Crippen LogP contribution in [0, 0.1) is 0 Å². The quantitative estimate of drug-likeness (QED) is 0.606. The van der Waals surface area contributed by atoms with Crippen molar-refractivity contribution in [3.63, 3.8) is 0 Å². The highest BCUT2D eigenvalue weighted by Crippen LogP contribution is 2.33. The number of hydrogen-bond donors (Lipinski definition) is 1. The Hall–Kier alpha value is -0.830. The maximum atomic E-state index is 11.4. The Morgan fingerprint density at radius 3 is 2.92 bits per heavy atom. The molecule has 1 atom stereocenters. The fraction of sp³-hybridized carbons (Fsp3) is 0.700. The molecule has 0 spiro atoms. The Bertz CT molecular complexity index is 270. The largest absolute Gasteiger partial charge is 0.389 e. The minimum absolute atomic E-state index is 0.188. The van der Waals surface area contributed by atoms with Crippen molar-refractivity contribution in [3.05, 3.63) is 11.3 Å². The Kier molecular flexibility index (Phi) is 2.12. The van der Waals surface area contributed by atoms with E-state index >= 15 is 0 Å². The Balaban J connectivity index is 2.32. The molecule has 1 aliphatic carbocycles. The lowest BCUT2D eigenvalue weighted by Crippen LogP contribution is -2.35. The van der Waals surface area contributed by atoms with Gasteiger partial charge in [-0.15, -0.1) is 0 Å². The SMILES string of the molecule is CN1C(=O)CCC2=C1CCCC2O. The third kappa shape index (κ3) is 1.37. The van der Waals surface area contributed by atoms with E-state index in [9.17, 15) is 9.90 Å². The van der Waals surface area contributed by atoms with Crippen molar-refractivity contribution in [2.45, 2.75) is 38.2 Å². The average Bonchev–Trinajstić information content (AvgIpc) is 2.12.